The molecule has 1 amide bonds. The molecule has 186 valence electrons. The number of amides is 1. The topological polar surface area (TPSA) is 120 Å². The van der Waals surface area contributed by atoms with Gasteiger partial charge in [-0.2, -0.15) is 4.98 Å². The fourth-order valence-corrected chi connectivity index (χ4v) is 5.33. The van der Waals surface area contributed by atoms with E-state index in [1.165, 1.54) is 12.1 Å². The van der Waals surface area contributed by atoms with Crippen LogP contribution in [0.15, 0.2) is 18.3 Å². The molecule has 9 nitrogen and oxygen atoms in total. The molecule has 35 heavy (non-hydrogen) atoms. The number of primary amides is 1. The maximum absolute atomic E-state index is 14.7. The van der Waals surface area contributed by atoms with Crippen LogP contribution >= 0.6 is 23.2 Å². The summed E-state index contributed by atoms with van der Waals surface area (Å²) in [4.78, 5) is 25.6. The molecule has 3 heterocycles. The number of rotatable bonds is 6. The largest absolute Gasteiger partial charge is 0.381 e. The minimum Gasteiger partial charge on any atom is -0.381 e. The molecular weight excluding hydrogens is 496 g/mol. The number of aromatic nitrogens is 4. The zero-order valence-corrected chi connectivity index (χ0v) is 20.4. The average molecular weight is 522 g/mol. The minimum atomic E-state index is -0.591. The van der Waals surface area contributed by atoms with Crippen LogP contribution in [0.3, 0.4) is 0 Å². The molecule has 1 aromatic carbocycles. The molecular formula is C23H26Cl2FN7O2. The molecule has 0 unspecified atom stereocenters. The standard InChI is InChI=1S/C23H26Cl2FN7O2/c24-13-9-16(25)19(17(26)10-13)31-23-30-18-11-28-22(29-14-5-7-35-8-6-14)32-21(18)33(23)15-3-1-12(2-4-15)20(27)34/h9-12,14-15H,1-8H2,(H2,27,34)(H,30,31)(H,28,29,32)/t12-,15-. The van der Waals surface area contributed by atoms with Crippen LogP contribution in [-0.4, -0.2) is 44.7 Å². The molecule has 3 aromatic rings. The number of carbonyl (C=O) groups excluding carboxylic acids is 1. The van der Waals surface area contributed by atoms with Gasteiger partial charge in [-0.05, 0) is 50.7 Å². The second-order valence-corrected chi connectivity index (χ2v) is 9.86. The van der Waals surface area contributed by atoms with E-state index in [1.54, 1.807) is 6.20 Å². The van der Waals surface area contributed by atoms with Gasteiger partial charge in [0.15, 0.2) is 5.65 Å². The number of imidazole rings is 1. The third-order valence-electron chi connectivity index (χ3n) is 6.70. The summed E-state index contributed by atoms with van der Waals surface area (Å²) in [6, 6.07) is 2.87. The molecule has 1 saturated carbocycles. The van der Waals surface area contributed by atoms with Crippen molar-refractivity contribution in [3.05, 3.63) is 34.2 Å². The van der Waals surface area contributed by atoms with Gasteiger partial charge in [-0.15, -0.1) is 0 Å². The fourth-order valence-electron chi connectivity index (χ4n) is 4.81. The summed E-state index contributed by atoms with van der Waals surface area (Å²) in [6.45, 7) is 1.39. The first kappa shape index (κ1) is 24.0. The van der Waals surface area contributed by atoms with Crippen LogP contribution in [-0.2, 0) is 9.53 Å². The van der Waals surface area contributed by atoms with Crippen LogP contribution in [0.2, 0.25) is 10.0 Å². The van der Waals surface area contributed by atoms with Gasteiger partial charge in [0.05, 0.1) is 16.9 Å². The van der Waals surface area contributed by atoms with Gasteiger partial charge in [0.1, 0.15) is 11.3 Å². The Morgan fingerprint density at radius 3 is 2.54 bits per heavy atom. The molecule has 12 heteroatoms. The van der Waals surface area contributed by atoms with Gasteiger partial charge in [-0.3, -0.25) is 9.36 Å². The van der Waals surface area contributed by atoms with Gasteiger partial charge in [-0.1, -0.05) is 23.2 Å². The van der Waals surface area contributed by atoms with E-state index < -0.39 is 5.82 Å². The summed E-state index contributed by atoms with van der Waals surface area (Å²) < 4.78 is 22.1. The van der Waals surface area contributed by atoms with Gasteiger partial charge in [-0.25, -0.2) is 14.4 Å². The smallest absolute Gasteiger partial charge is 0.224 e. The van der Waals surface area contributed by atoms with Crippen molar-refractivity contribution in [2.24, 2.45) is 11.7 Å². The van der Waals surface area contributed by atoms with Gasteiger partial charge >= 0.3 is 0 Å². The Morgan fingerprint density at radius 1 is 1.11 bits per heavy atom. The van der Waals surface area contributed by atoms with E-state index >= 15 is 0 Å². The molecule has 5 rings (SSSR count). The van der Waals surface area contributed by atoms with Crippen LogP contribution in [0.4, 0.5) is 22.0 Å². The lowest BCUT2D eigenvalue weighted by molar-refractivity contribution is -0.122. The number of nitrogens with one attached hydrogen (secondary N) is 2. The number of nitrogens with two attached hydrogens (primary N) is 1. The molecule has 2 fully saturated rings. The summed E-state index contributed by atoms with van der Waals surface area (Å²) in [5, 5.41) is 6.77. The van der Waals surface area contributed by atoms with Crippen molar-refractivity contribution >= 4 is 57.9 Å². The Bertz CT molecular complexity index is 1220. The SMILES string of the molecule is NC(=O)[C@H]1CC[C@H](n2c(Nc3c(F)cc(Cl)cc3Cl)nc3cnc(NC4CCOCC4)nc32)CC1. The maximum atomic E-state index is 14.7. The third kappa shape index (κ3) is 5.14. The van der Waals surface area contributed by atoms with Crippen molar-refractivity contribution in [1.82, 2.24) is 19.5 Å². The lowest BCUT2D eigenvalue weighted by Gasteiger charge is -2.29. The summed E-state index contributed by atoms with van der Waals surface area (Å²) >= 11 is 12.2. The number of hydrogen-bond donors (Lipinski definition) is 3. The highest BCUT2D eigenvalue weighted by Crippen LogP contribution is 2.38. The second-order valence-electron chi connectivity index (χ2n) is 9.02. The Kier molecular flexibility index (Phi) is 6.95. The second kappa shape index (κ2) is 10.1. The Morgan fingerprint density at radius 2 is 1.86 bits per heavy atom. The lowest BCUT2D eigenvalue weighted by atomic mass is 9.85. The maximum Gasteiger partial charge on any atom is 0.224 e. The predicted molar refractivity (Wildman–Crippen MR) is 133 cm³/mol. The van der Waals surface area contributed by atoms with E-state index in [1.807, 2.05) is 4.57 Å². The molecule has 0 radical (unpaired) electrons. The molecule has 1 aliphatic carbocycles. The predicted octanol–water partition coefficient (Wildman–Crippen LogP) is 4.82. The molecule has 0 spiro atoms. The number of carbonyl (C=O) groups is 1. The molecule has 2 aliphatic rings. The minimum absolute atomic E-state index is 0.0157. The zero-order chi connectivity index (χ0) is 24.5. The highest BCUT2D eigenvalue weighted by molar-refractivity contribution is 6.36. The van der Waals surface area contributed by atoms with Crippen molar-refractivity contribution in [2.75, 3.05) is 23.8 Å². The van der Waals surface area contributed by atoms with E-state index in [0.717, 1.165) is 12.8 Å². The third-order valence-corrected chi connectivity index (χ3v) is 7.21. The highest BCUT2D eigenvalue weighted by atomic mass is 35.5. The Labute approximate surface area is 211 Å². The molecule has 4 N–H and O–H groups in total. The lowest BCUT2D eigenvalue weighted by Crippen LogP contribution is -2.29. The first-order valence-electron chi connectivity index (χ1n) is 11.7. The van der Waals surface area contributed by atoms with Crippen LogP contribution in [0.5, 0.6) is 0 Å². The van der Waals surface area contributed by atoms with E-state index in [-0.39, 0.29) is 39.6 Å². The van der Waals surface area contributed by atoms with Crippen LogP contribution in [0.25, 0.3) is 11.2 Å². The molecule has 2 aromatic heterocycles. The molecule has 1 saturated heterocycles. The van der Waals surface area contributed by atoms with E-state index in [9.17, 15) is 9.18 Å². The monoisotopic (exact) mass is 521 g/mol. The highest BCUT2D eigenvalue weighted by Gasteiger charge is 2.29. The summed E-state index contributed by atoms with van der Waals surface area (Å²) in [6.07, 6.45) is 6.13. The van der Waals surface area contributed by atoms with Crippen molar-refractivity contribution in [2.45, 2.75) is 50.6 Å². The Hall–Kier alpha value is -2.69. The zero-order valence-electron chi connectivity index (χ0n) is 18.9. The number of halogens is 3. The number of fused-ring (bicyclic) bond motifs is 1. The number of ether oxygens (including phenoxy) is 1. The summed E-state index contributed by atoms with van der Waals surface area (Å²) in [7, 11) is 0. The Balaban J connectivity index is 1.52. The number of hydrogen-bond acceptors (Lipinski definition) is 7. The van der Waals surface area contributed by atoms with Gasteiger partial charge in [0, 0.05) is 36.2 Å². The van der Waals surface area contributed by atoms with Gasteiger partial charge in [0.2, 0.25) is 17.8 Å². The van der Waals surface area contributed by atoms with Gasteiger partial charge in [0.25, 0.3) is 0 Å². The number of nitrogens with zero attached hydrogens (tertiary/aromatic N) is 4. The molecule has 0 atom stereocenters. The van der Waals surface area contributed by atoms with Crippen molar-refractivity contribution in [3.63, 3.8) is 0 Å². The van der Waals surface area contributed by atoms with E-state index in [2.05, 4.69) is 20.6 Å². The van der Waals surface area contributed by atoms with E-state index in [0.29, 0.717) is 62.0 Å². The fraction of sp³-hybridized carbons (Fsp3) is 0.478. The number of anilines is 3. The molecule has 1 aliphatic heterocycles. The summed E-state index contributed by atoms with van der Waals surface area (Å²) in [5.41, 5.74) is 6.79. The quantitative estimate of drug-likeness (QED) is 0.425. The molecule has 0 bridgehead atoms. The van der Waals surface area contributed by atoms with Crippen molar-refractivity contribution in [3.8, 4) is 0 Å². The van der Waals surface area contributed by atoms with Crippen LogP contribution in [0.1, 0.15) is 44.6 Å². The van der Waals surface area contributed by atoms with Gasteiger partial charge < -0.3 is 21.1 Å². The number of benzene rings is 1. The first-order chi connectivity index (χ1) is 16.9. The van der Waals surface area contributed by atoms with Crippen molar-refractivity contribution < 1.29 is 13.9 Å². The first-order valence-corrected chi connectivity index (χ1v) is 12.4. The van der Waals surface area contributed by atoms with Crippen LogP contribution < -0.4 is 16.4 Å². The summed E-state index contributed by atoms with van der Waals surface area (Å²) in [5.74, 6) is -0.133. The average Bonchev–Trinajstić information content (AvgIpc) is 3.19. The van der Waals surface area contributed by atoms with E-state index in [4.69, 9.17) is 38.7 Å². The normalized spacial score (nSPS) is 21.2. The van der Waals surface area contributed by atoms with Crippen LogP contribution in [0, 0.1) is 11.7 Å². The van der Waals surface area contributed by atoms with Crippen molar-refractivity contribution in [1.29, 1.82) is 0 Å².